The number of sulfonamides is 1. The summed E-state index contributed by atoms with van der Waals surface area (Å²) in [4.78, 5) is 27.8. The number of anilines is 1. The molecule has 1 atom stereocenters. The summed E-state index contributed by atoms with van der Waals surface area (Å²) in [7, 11) is -3.80. The number of rotatable bonds is 12. The van der Waals surface area contributed by atoms with Gasteiger partial charge in [-0.15, -0.1) is 0 Å². The number of carbonyl (C=O) groups excluding carboxylic acids is 2. The lowest BCUT2D eigenvalue weighted by atomic mass is 10.1. The molecule has 0 spiro atoms. The van der Waals surface area contributed by atoms with Crippen LogP contribution in [0, 0.1) is 5.82 Å². The first-order chi connectivity index (χ1) is 16.9. The summed E-state index contributed by atoms with van der Waals surface area (Å²) in [6, 6.07) is 9.62. The molecule has 0 fully saturated rings. The van der Waals surface area contributed by atoms with Gasteiger partial charge in [-0.1, -0.05) is 48.3 Å². The Kier molecular flexibility index (Phi) is 11.0. The number of amides is 2. The summed E-state index contributed by atoms with van der Waals surface area (Å²) < 4.78 is 39.9. The zero-order chi connectivity index (χ0) is 27.0. The van der Waals surface area contributed by atoms with Crippen LogP contribution >= 0.6 is 23.2 Å². The van der Waals surface area contributed by atoms with Crippen molar-refractivity contribution in [2.45, 2.75) is 58.7 Å². The summed E-state index contributed by atoms with van der Waals surface area (Å²) in [6.45, 7) is 5.34. The SMILES string of the molecule is CCC(C(=O)NC(C)C)N(Cc1c(Cl)cccc1Cl)C(=O)CCCN(c1ccccc1F)S(C)(=O)=O. The number of nitrogens with zero attached hydrogens (tertiary/aromatic N) is 2. The number of para-hydroxylation sites is 1. The fourth-order valence-corrected chi connectivity index (χ4v) is 5.27. The number of carbonyl (C=O) groups is 2. The molecule has 0 aliphatic carbocycles. The smallest absolute Gasteiger partial charge is 0.243 e. The van der Waals surface area contributed by atoms with E-state index in [1.54, 1.807) is 25.1 Å². The Labute approximate surface area is 222 Å². The minimum atomic E-state index is -3.80. The van der Waals surface area contributed by atoms with E-state index in [-0.39, 0.29) is 49.5 Å². The molecule has 0 saturated carbocycles. The Hall–Kier alpha value is -2.36. The van der Waals surface area contributed by atoms with Gasteiger partial charge in [0.25, 0.3) is 0 Å². The van der Waals surface area contributed by atoms with Crippen molar-refractivity contribution in [1.29, 1.82) is 0 Å². The summed E-state index contributed by atoms with van der Waals surface area (Å²) in [5.41, 5.74) is 0.420. The summed E-state index contributed by atoms with van der Waals surface area (Å²) >= 11 is 12.7. The molecule has 7 nitrogen and oxygen atoms in total. The molecule has 0 aliphatic heterocycles. The zero-order valence-corrected chi connectivity index (χ0v) is 23.1. The van der Waals surface area contributed by atoms with Crippen molar-refractivity contribution >= 4 is 50.7 Å². The monoisotopic (exact) mass is 559 g/mol. The highest BCUT2D eigenvalue weighted by atomic mass is 35.5. The lowest BCUT2D eigenvalue weighted by Gasteiger charge is -2.32. The van der Waals surface area contributed by atoms with E-state index in [0.29, 0.717) is 22.0 Å². The van der Waals surface area contributed by atoms with Crippen LogP contribution in [-0.2, 0) is 26.2 Å². The van der Waals surface area contributed by atoms with Crippen LogP contribution in [0.5, 0.6) is 0 Å². The molecule has 0 aliphatic rings. The third-order valence-corrected chi connectivity index (χ3v) is 7.37. The molecule has 1 unspecified atom stereocenters. The van der Waals surface area contributed by atoms with Gasteiger partial charge in [-0.05, 0) is 51.0 Å². The molecular weight excluding hydrogens is 528 g/mol. The number of hydrogen-bond donors (Lipinski definition) is 1. The van der Waals surface area contributed by atoms with E-state index in [9.17, 15) is 22.4 Å². The number of nitrogens with one attached hydrogen (secondary N) is 1. The van der Waals surface area contributed by atoms with Crippen molar-refractivity contribution < 1.29 is 22.4 Å². The van der Waals surface area contributed by atoms with Gasteiger partial charge in [-0.2, -0.15) is 0 Å². The molecule has 198 valence electrons. The second-order valence-corrected chi connectivity index (χ2v) is 11.4. The average Bonchev–Trinajstić information content (AvgIpc) is 2.77. The van der Waals surface area contributed by atoms with Crippen LogP contribution in [0.15, 0.2) is 42.5 Å². The van der Waals surface area contributed by atoms with Gasteiger partial charge in [0.15, 0.2) is 0 Å². The first kappa shape index (κ1) is 29.9. The van der Waals surface area contributed by atoms with Crippen molar-refractivity contribution in [1.82, 2.24) is 10.2 Å². The van der Waals surface area contributed by atoms with E-state index in [2.05, 4.69) is 5.32 Å². The van der Waals surface area contributed by atoms with Crippen LogP contribution in [0.4, 0.5) is 10.1 Å². The topological polar surface area (TPSA) is 86.8 Å². The van der Waals surface area contributed by atoms with Gasteiger partial charge in [0.2, 0.25) is 21.8 Å². The number of hydrogen-bond acceptors (Lipinski definition) is 4. The van der Waals surface area contributed by atoms with Crippen LogP contribution in [0.2, 0.25) is 10.0 Å². The Bertz CT molecular complexity index is 1160. The second kappa shape index (κ2) is 13.3. The highest BCUT2D eigenvalue weighted by molar-refractivity contribution is 7.92. The van der Waals surface area contributed by atoms with Crippen molar-refractivity contribution in [2.75, 3.05) is 17.1 Å². The van der Waals surface area contributed by atoms with Crippen LogP contribution < -0.4 is 9.62 Å². The van der Waals surface area contributed by atoms with Gasteiger partial charge < -0.3 is 10.2 Å². The van der Waals surface area contributed by atoms with Gasteiger partial charge in [-0.25, -0.2) is 12.8 Å². The zero-order valence-electron chi connectivity index (χ0n) is 20.8. The van der Waals surface area contributed by atoms with E-state index in [0.717, 1.165) is 10.6 Å². The summed E-state index contributed by atoms with van der Waals surface area (Å²) in [5, 5.41) is 3.56. The minimum Gasteiger partial charge on any atom is -0.352 e. The van der Waals surface area contributed by atoms with Crippen molar-refractivity contribution in [3.63, 3.8) is 0 Å². The number of halogens is 3. The maximum absolute atomic E-state index is 14.3. The third-order valence-electron chi connectivity index (χ3n) is 5.48. The standard InChI is InChI=1S/C25H32Cl2FN3O4S/c1-5-22(25(33)29-17(2)3)30(16-18-19(26)10-8-11-20(18)27)24(32)14-9-15-31(36(4,34)35)23-13-7-6-12-21(23)28/h6-8,10-13,17,22H,5,9,14-16H2,1-4H3,(H,29,33). The molecule has 2 aromatic rings. The molecule has 1 N–H and O–H groups in total. The van der Waals surface area contributed by atoms with Gasteiger partial charge in [-0.3, -0.25) is 13.9 Å². The van der Waals surface area contributed by atoms with Gasteiger partial charge in [0.05, 0.1) is 11.9 Å². The Morgan fingerprint density at radius 2 is 1.67 bits per heavy atom. The van der Waals surface area contributed by atoms with E-state index in [1.807, 2.05) is 13.8 Å². The van der Waals surface area contributed by atoms with E-state index < -0.39 is 21.9 Å². The molecule has 2 aromatic carbocycles. The van der Waals surface area contributed by atoms with Crippen molar-refractivity contribution in [3.8, 4) is 0 Å². The third kappa shape index (κ3) is 8.08. The minimum absolute atomic E-state index is 0.00443. The molecule has 0 heterocycles. The average molecular weight is 561 g/mol. The first-order valence-electron chi connectivity index (χ1n) is 11.6. The first-order valence-corrected chi connectivity index (χ1v) is 14.2. The molecule has 0 bridgehead atoms. The van der Waals surface area contributed by atoms with E-state index in [4.69, 9.17) is 23.2 Å². The molecule has 0 saturated heterocycles. The molecule has 2 amide bonds. The highest BCUT2D eigenvalue weighted by Gasteiger charge is 2.30. The molecule has 11 heteroatoms. The lowest BCUT2D eigenvalue weighted by Crippen LogP contribution is -2.50. The summed E-state index contributed by atoms with van der Waals surface area (Å²) in [6.07, 6.45) is 1.36. The Morgan fingerprint density at radius 1 is 1.06 bits per heavy atom. The van der Waals surface area contributed by atoms with Gasteiger partial charge in [0, 0.05) is 41.2 Å². The fraction of sp³-hybridized carbons (Fsp3) is 0.440. The van der Waals surface area contributed by atoms with Crippen LogP contribution in [-0.4, -0.2) is 50.0 Å². The molecular formula is C25H32Cl2FN3O4S. The molecule has 2 rings (SSSR count). The van der Waals surface area contributed by atoms with Crippen molar-refractivity contribution in [3.05, 3.63) is 63.9 Å². The normalized spacial score (nSPS) is 12.3. The molecule has 36 heavy (non-hydrogen) atoms. The van der Waals surface area contributed by atoms with E-state index in [1.165, 1.54) is 29.2 Å². The van der Waals surface area contributed by atoms with Crippen LogP contribution in [0.3, 0.4) is 0 Å². The maximum Gasteiger partial charge on any atom is 0.243 e. The maximum atomic E-state index is 14.3. The Balaban J connectivity index is 2.29. The predicted octanol–water partition coefficient (Wildman–Crippen LogP) is 5.01. The highest BCUT2D eigenvalue weighted by Crippen LogP contribution is 2.28. The van der Waals surface area contributed by atoms with Gasteiger partial charge >= 0.3 is 0 Å². The number of benzene rings is 2. The lowest BCUT2D eigenvalue weighted by molar-refractivity contribution is -0.141. The predicted molar refractivity (Wildman–Crippen MR) is 142 cm³/mol. The van der Waals surface area contributed by atoms with Gasteiger partial charge in [0.1, 0.15) is 11.9 Å². The molecule has 0 aromatic heterocycles. The van der Waals surface area contributed by atoms with Crippen LogP contribution in [0.1, 0.15) is 45.6 Å². The van der Waals surface area contributed by atoms with E-state index >= 15 is 0 Å². The second-order valence-electron chi connectivity index (χ2n) is 8.70. The molecule has 0 radical (unpaired) electrons. The van der Waals surface area contributed by atoms with Crippen LogP contribution in [0.25, 0.3) is 0 Å². The largest absolute Gasteiger partial charge is 0.352 e. The summed E-state index contributed by atoms with van der Waals surface area (Å²) in [5.74, 6) is -1.37. The van der Waals surface area contributed by atoms with Crippen molar-refractivity contribution in [2.24, 2.45) is 0 Å². The fourth-order valence-electron chi connectivity index (χ4n) is 3.79. The Morgan fingerprint density at radius 3 is 2.19 bits per heavy atom. The quantitative estimate of drug-likeness (QED) is 0.396.